The number of likely N-dealkylation sites (N-methyl/N-ethyl adjacent to an activating group) is 1. The monoisotopic (exact) mass is 304 g/mol. The van der Waals surface area contributed by atoms with Gasteiger partial charge in [-0.3, -0.25) is 0 Å². The maximum atomic E-state index is 11.5. The summed E-state index contributed by atoms with van der Waals surface area (Å²) in [5.74, 6) is 0.887. The Morgan fingerprint density at radius 3 is 2.55 bits per heavy atom. The molecule has 4 nitrogen and oxygen atoms in total. The van der Waals surface area contributed by atoms with Gasteiger partial charge in [-0.25, -0.2) is 0 Å². The van der Waals surface area contributed by atoms with Crippen LogP contribution in [0.15, 0.2) is 18.2 Å². The van der Waals surface area contributed by atoms with Crippen molar-refractivity contribution in [3.05, 3.63) is 29.3 Å². The molecule has 1 aliphatic heterocycles. The molecule has 0 spiro atoms. The van der Waals surface area contributed by atoms with Gasteiger partial charge in [-0.2, -0.15) is 0 Å². The zero-order chi connectivity index (χ0) is 16.0. The first-order valence-electron chi connectivity index (χ1n) is 8.13. The van der Waals surface area contributed by atoms with E-state index >= 15 is 0 Å². The molecular formula is C18H28N2O2. The summed E-state index contributed by atoms with van der Waals surface area (Å²) in [6.07, 6.45) is 2.65. The van der Waals surface area contributed by atoms with Crippen LogP contribution in [0, 0.1) is 0 Å². The van der Waals surface area contributed by atoms with Crippen molar-refractivity contribution >= 4 is 0 Å². The minimum Gasteiger partial charge on any atom is -0.497 e. The summed E-state index contributed by atoms with van der Waals surface area (Å²) in [7, 11) is 8.03. The lowest BCUT2D eigenvalue weighted by Crippen LogP contribution is -2.65. The van der Waals surface area contributed by atoms with Crippen LogP contribution >= 0.6 is 0 Å². The lowest BCUT2D eigenvalue weighted by Gasteiger charge is -2.57. The summed E-state index contributed by atoms with van der Waals surface area (Å²) in [4.78, 5) is 4.52. The standard InChI is InChI=1S/C18H28N2O2/c1-19(2)13-17(18(21)7-9-20(3)10-8-18)12-14-5-6-15(22-4)11-16(14)17/h5-6,11,21H,7-10,12-13H2,1-4H3. The van der Waals surface area contributed by atoms with Crippen LogP contribution in [0.5, 0.6) is 5.75 Å². The lowest BCUT2D eigenvalue weighted by atomic mass is 9.53. The van der Waals surface area contributed by atoms with Gasteiger partial charge in [0.05, 0.1) is 12.7 Å². The summed E-state index contributed by atoms with van der Waals surface area (Å²) in [5.41, 5.74) is 1.85. The molecule has 0 bridgehead atoms. The fourth-order valence-electron chi connectivity index (χ4n) is 4.31. The predicted octanol–water partition coefficient (Wildman–Crippen LogP) is 1.51. The summed E-state index contributed by atoms with van der Waals surface area (Å²) in [6.45, 7) is 2.81. The van der Waals surface area contributed by atoms with E-state index in [4.69, 9.17) is 4.74 Å². The Hall–Kier alpha value is -1.10. The fourth-order valence-corrected chi connectivity index (χ4v) is 4.31. The van der Waals surface area contributed by atoms with Gasteiger partial charge >= 0.3 is 0 Å². The third-order valence-corrected chi connectivity index (χ3v) is 5.62. The van der Waals surface area contributed by atoms with E-state index in [2.05, 4.69) is 43.1 Å². The first-order valence-corrected chi connectivity index (χ1v) is 8.13. The van der Waals surface area contributed by atoms with Crippen LogP contribution in [0.3, 0.4) is 0 Å². The van der Waals surface area contributed by atoms with Crippen molar-refractivity contribution in [3.8, 4) is 5.75 Å². The Labute approximate surface area is 133 Å². The number of fused-ring (bicyclic) bond motifs is 1. The third-order valence-electron chi connectivity index (χ3n) is 5.62. The van der Waals surface area contributed by atoms with Crippen LogP contribution in [0.2, 0.25) is 0 Å². The summed E-state index contributed by atoms with van der Waals surface area (Å²) in [6, 6.07) is 6.32. The number of ether oxygens (including phenoxy) is 1. The number of aliphatic hydroxyl groups is 1. The van der Waals surface area contributed by atoms with E-state index in [-0.39, 0.29) is 5.41 Å². The largest absolute Gasteiger partial charge is 0.497 e. The van der Waals surface area contributed by atoms with Gasteiger partial charge in [-0.15, -0.1) is 0 Å². The van der Waals surface area contributed by atoms with Crippen LogP contribution in [0.25, 0.3) is 0 Å². The van der Waals surface area contributed by atoms with Gasteiger partial charge in [0.25, 0.3) is 0 Å². The average Bonchev–Trinajstić information content (AvgIpc) is 2.47. The molecule has 1 aromatic carbocycles. The van der Waals surface area contributed by atoms with Gasteiger partial charge in [0.1, 0.15) is 5.75 Å². The molecule has 1 fully saturated rings. The third kappa shape index (κ3) is 2.34. The minimum atomic E-state index is -0.622. The normalized spacial score (nSPS) is 27.4. The predicted molar refractivity (Wildman–Crippen MR) is 88.6 cm³/mol. The van der Waals surface area contributed by atoms with E-state index < -0.39 is 5.60 Å². The lowest BCUT2D eigenvalue weighted by molar-refractivity contribution is -0.0975. The van der Waals surface area contributed by atoms with Crippen molar-refractivity contribution in [2.75, 3.05) is 47.9 Å². The van der Waals surface area contributed by atoms with Crippen molar-refractivity contribution in [2.24, 2.45) is 0 Å². The SMILES string of the molecule is COc1ccc2c(c1)C(CN(C)C)(C1(O)CCN(C)CC1)C2. The zero-order valence-electron chi connectivity index (χ0n) is 14.2. The summed E-state index contributed by atoms with van der Waals surface area (Å²) < 4.78 is 5.42. The van der Waals surface area contributed by atoms with Crippen LogP contribution in [0.1, 0.15) is 24.0 Å². The maximum absolute atomic E-state index is 11.5. The topological polar surface area (TPSA) is 35.9 Å². The van der Waals surface area contributed by atoms with Crippen molar-refractivity contribution in [1.82, 2.24) is 9.80 Å². The fraction of sp³-hybridized carbons (Fsp3) is 0.667. The second kappa shape index (κ2) is 5.52. The molecule has 1 aliphatic carbocycles. The van der Waals surface area contributed by atoms with Gasteiger partial charge < -0.3 is 19.6 Å². The smallest absolute Gasteiger partial charge is 0.119 e. The van der Waals surface area contributed by atoms with Gasteiger partial charge in [-0.05, 0) is 63.7 Å². The average molecular weight is 304 g/mol. The van der Waals surface area contributed by atoms with Gasteiger partial charge in [-0.1, -0.05) is 6.07 Å². The van der Waals surface area contributed by atoms with Crippen molar-refractivity contribution < 1.29 is 9.84 Å². The molecular weight excluding hydrogens is 276 g/mol. The Kier molecular flexibility index (Phi) is 3.96. The molecule has 1 aromatic rings. The molecule has 0 radical (unpaired) electrons. The van der Waals surface area contributed by atoms with Crippen LogP contribution in [-0.4, -0.2) is 68.4 Å². The van der Waals surface area contributed by atoms with Gasteiger partial charge in [0.15, 0.2) is 0 Å². The molecule has 122 valence electrons. The first kappa shape index (κ1) is 15.8. The number of hydrogen-bond acceptors (Lipinski definition) is 4. The highest BCUT2D eigenvalue weighted by atomic mass is 16.5. The number of methoxy groups -OCH3 is 1. The number of likely N-dealkylation sites (tertiary alicyclic amines) is 1. The molecule has 1 heterocycles. The highest BCUT2D eigenvalue weighted by Crippen LogP contribution is 2.53. The molecule has 1 unspecified atom stereocenters. The summed E-state index contributed by atoms with van der Waals surface area (Å²) >= 11 is 0. The molecule has 1 N–H and O–H groups in total. The van der Waals surface area contributed by atoms with E-state index in [1.54, 1.807) is 7.11 Å². The van der Waals surface area contributed by atoms with Gasteiger partial charge in [0, 0.05) is 25.0 Å². The number of benzene rings is 1. The van der Waals surface area contributed by atoms with Gasteiger partial charge in [0.2, 0.25) is 0 Å². The van der Waals surface area contributed by atoms with Crippen molar-refractivity contribution in [1.29, 1.82) is 0 Å². The maximum Gasteiger partial charge on any atom is 0.119 e. The molecule has 0 aromatic heterocycles. The second-order valence-electron chi connectivity index (χ2n) is 7.35. The Bertz CT molecular complexity index is 550. The molecule has 3 rings (SSSR count). The zero-order valence-corrected chi connectivity index (χ0v) is 14.2. The van der Waals surface area contributed by atoms with E-state index in [1.807, 2.05) is 6.07 Å². The molecule has 2 aliphatic rings. The van der Waals surface area contributed by atoms with E-state index in [1.165, 1.54) is 11.1 Å². The Balaban J connectivity index is 2.00. The summed E-state index contributed by atoms with van der Waals surface area (Å²) in [5, 5.41) is 11.5. The number of piperidine rings is 1. The van der Waals surface area contributed by atoms with Crippen molar-refractivity contribution in [2.45, 2.75) is 30.3 Å². The van der Waals surface area contributed by atoms with E-state index in [0.29, 0.717) is 0 Å². The quantitative estimate of drug-likeness (QED) is 0.915. The molecule has 4 heteroatoms. The molecule has 1 saturated heterocycles. The van der Waals surface area contributed by atoms with Crippen LogP contribution in [0.4, 0.5) is 0 Å². The van der Waals surface area contributed by atoms with E-state index in [9.17, 15) is 5.11 Å². The number of rotatable bonds is 4. The second-order valence-corrected chi connectivity index (χ2v) is 7.35. The van der Waals surface area contributed by atoms with Crippen LogP contribution < -0.4 is 4.74 Å². The molecule has 1 atom stereocenters. The Morgan fingerprint density at radius 1 is 1.27 bits per heavy atom. The van der Waals surface area contributed by atoms with Crippen LogP contribution in [-0.2, 0) is 11.8 Å². The first-order chi connectivity index (χ1) is 10.4. The minimum absolute atomic E-state index is 0.165. The number of hydrogen-bond donors (Lipinski definition) is 1. The number of nitrogens with zero attached hydrogens (tertiary/aromatic N) is 2. The highest BCUT2D eigenvalue weighted by molar-refractivity contribution is 5.52. The molecule has 22 heavy (non-hydrogen) atoms. The molecule has 0 saturated carbocycles. The molecule has 0 amide bonds. The highest BCUT2D eigenvalue weighted by Gasteiger charge is 2.57. The van der Waals surface area contributed by atoms with Crippen molar-refractivity contribution in [3.63, 3.8) is 0 Å². The van der Waals surface area contributed by atoms with E-state index in [0.717, 1.165) is 44.6 Å². The Morgan fingerprint density at radius 2 is 1.95 bits per heavy atom.